The number of hydrogen-bond acceptors (Lipinski definition) is 3. The Kier molecular flexibility index (Phi) is 4.08. The van der Waals surface area contributed by atoms with Gasteiger partial charge in [0.15, 0.2) is 0 Å². The standard InChI is InChI=1S/C12H8Cl2FNO3S/c13-7-2-1-3-8(4-7)20(18,19)16-11-5-9(14)10(15)6-12(11)17/h1-6,16-17H. The molecule has 0 aromatic heterocycles. The number of phenolic OH excluding ortho intramolecular Hbond substituents is 1. The van der Waals surface area contributed by atoms with E-state index in [4.69, 9.17) is 23.2 Å². The minimum atomic E-state index is -3.96. The second-order valence-corrected chi connectivity index (χ2v) is 6.37. The highest BCUT2D eigenvalue weighted by atomic mass is 35.5. The predicted molar refractivity (Wildman–Crippen MR) is 75.3 cm³/mol. The topological polar surface area (TPSA) is 66.4 Å². The van der Waals surface area contributed by atoms with Gasteiger partial charge in [0.05, 0.1) is 15.6 Å². The molecule has 106 valence electrons. The van der Waals surface area contributed by atoms with E-state index >= 15 is 0 Å². The second kappa shape index (κ2) is 5.47. The van der Waals surface area contributed by atoms with Crippen LogP contribution in [0.4, 0.5) is 10.1 Å². The molecule has 2 N–H and O–H groups in total. The van der Waals surface area contributed by atoms with Crippen molar-refractivity contribution >= 4 is 38.9 Å². The quantitative estimate of drug-likeness (QED) is 0.841. The minimum absolute atomic E-state index is 0.0927. The monoisotopic (exact) mass is 335 g/mol. The van der Waals surface area contributed by atoms with Gasteiger partial charge in [0.2, 0.25) is 0 Å². The number of nitrogens with one attached hydrogen (secondary N) is 1. The molecule has 2 aromatic carbocycles. The number of rotatable bonds is 3. The zero-order valence-corrected chi connectivity index (χ0v) is 12.1. The number of halogens is 3. The van der Waals surface area contributed by atoms with Crippen LogP contribution in [0.25, 0.3) is 0 Å². The molecule has 0 heterocycles. The Hall–Kier alpha value is -1.50. The summed E-state index contributed by atoms with van der Waals surface area (Å²) in [6, 6.07) is 7.26. The van der Waals surface area contributed by atoms with Gasteiger partial charge in [-0.2, -0.15) is 0 Å². The van der Waals surface area contributed by atoms with E-state index in [1.807, 2.05) is 0 Å². The Morgan fingerprint density at radius 2 is 1.85 bits per heavy atom. The summed E-state index contributed by atoms with van der Waals surface area (Å²) in [5.41, 5.74) is -0.226. The Morgan fingerprint density at radius 3 is 2.50 bits per heavy atom. The molecule has 0 amide bonds. The second-order valence-electron chi connectivity index (χ2n) is 3.85. The number of phenols is 1. The maximum atomic E-state index is 13.1. The van der Waals surface area contributed by atoms with Gasteiger partial charge in [-0.05, 0) is 24.3 Å². The fraction of sp³-hybridized carbons (Fsp3) is 0. The van der Waals surface area contributed by atoms with E-state index in [0.717, 1.165) is 12.1 Å². The van der Waals surface area contributed by atoms with Crippen molar-refractivity contribution < 1.29 is 17.9 Å². The van der Waals surface area contributed by atoms with E-state index in [1.54, 1.807) is 0 Å². The van der Waals surface area contributed by atoms with Crippen LogP contribution in [-0.2, 0) is 10.0 Å². The third kappa shape index (κ3) is 3.15. The summed E-state index contributed by atoms with van der Waals surface area (Å²) >= 11 is 11.3. The molecule has 2 rings (SSSR count). The first kappa shape index (κ1) is 14.9. The minimum Gasteiger partial charge on any atom is -0.506 e. The van der Waals surface area contributed by atoms with Gasteiger partial charge >= 0.3 is 0 Å². The largest absolute Gasteiger partial charge is 0.506 e. The average Bonchev–Trinajstić information content (AvgIpc) is 2.36. The van der Waals surface area contributed by atoms with Gasteiger partial charge in [0.1, 0.15) is 11.6 Å². The van der Waals surface area contributed by atoms with E-state index < -0.39 is 21.6 Å². The Bertz CT molecular complexity index is 765. The number of anilines is 1. The van der Waals surface area contributed by atoms with Crippen molar-refractivity contribution in [2.45, 2.75) is 4.90 Å². The summed E-state index contributed by atoms with van der Waals surface area (Å²) in [5.74, 6) is -1.42. The normalized spacial score (nSPS) is 11.3. The van der Waals surface area contributed by atoms with Crippen LogP contribution in [0, 0.1) is 5.82 Å². The molecule has 0 aliphatic rings. The Labute approximate surface area is 124 Å². The van der Waals surface area contributed by atoms with E-state index in [0.29, 0.717) is 0 Å². The van der Waals surface area contributed by atoms with Gasteiger partial charge in [0.25, 0.3) is 10.0 Å². The first-order valence-electron chi connectivity index (χ1n) is 5.26. The summed E-state index contributed by atoms with van der Waals surface area (Å²) in [5, 5.41) is 9.46. The summed E-state index contributed by atoms with van der Waals surface area (Å²) in [7, 11) is -3.96. The van der Waals surface area contributed by atoms with Gasteiger partial charge in [-0.15, -0.1) is 0 Å². The number of sulfonamides is 1. The zero-order chi connectivity index (χ0) is 14.9. The molecule has 0 fully saturated rings. The molecule has 0 aliphatic carbocycles. The highest BCUT2D eigenvalue weighted by Crippen LogP contribution is 2.31. The van der Waals surface area contributed by atoms with Crippen molar-refractivity contribution in [2.75, 3.05) is 4.72 Å². The van der Waals surface area contributed by atoms with Crippen LogP contribution in [-0.4, -0.2) is 13.5 Å². The molecule has 0 saturated carbocycles. The van der Waals surface area contributed by atoms with Crippen molar-refractivity contribution in [3.8, 4) is 5.75 Å². The van der Waals surface area contributed by atoms with Crippen molar-refractivity contribution in [1.29, 1.82) is 0 Å². The maximum absolute atomic E-state index is 13.1. The lowest BCUT2D eigenvalue weighted by atomic mass is 10.3. The summed E-state index contributed by atoms with van der Waals surface area (Å²) in [6.45, 7) is 0. The van der Waals surface area contributed by atoms with E-state index in [9.17, 15) is 17.9 Å². The first-order valence-corrected chi connectivity index (χ1v) is 7.50. The predicted octanol–water partition coefficient (Wildman–Crippen LogP) is 3.64. The van der Waals surface area contributed by atoms with Gasteiger partial charge in [-0.25, -0.2) is 12.8 Å². The molecule has 8 heteroatoms. The molecule has 0 bridgehead atoms. The average molecular weight is 336 g/mol. The molecule has 2 aromatic rings. The molecule has 0 unspecified atom stereocenters. The van der Waals surface area contributed by atoms with E-state index in [-0.39, 0.29) is 20.6 Å². The van der Waals surface area contributed by atoms with Crippen LogP contribution in [0.15, 0.2) is 41.3 Å². The molecule has 0 saturated heterocycles. The fourth-order valence-corrected chi connectivity index (χ4v) is 2.99. The van der Waals surface area contributed by atoms with Gasteiger partial charge in [-0.1, -0.05) is 29.3 Å². The van der Waals surface area contributed by atoms with Crippen LogP contribution in [0.5, 0.6) is 5.75 Å². The molecule has 0 aliphatic heterocycles. The highest BCUT2D eigenvalue weighted by molar-refractivity contribution is 7.92. The van der Waals surface area contributed by atoms with Gasteiger partial charge in [0, 0.05) is 11.1 Å². The van der Waals surface area contributed by atoms with Crippen LogP contribution < -0.4 is 4.72 Å². The third-order valence-corrected chi connectivity index (χ3v) is 4.28. The lowest BCUT2D eigenvalue weighted by molar-refractivity contribution is 0.471. The molecular weight excluding hydrogens is 328 g/mol. The lowest BCUT2D eigenvalue weighted by Gasteiger charge is -2.10. The molecule has 0 atom stereocenters. The van der Waals surface area contributed by atoms with E-state index in [2.05, 4.69) is 4.72 Å². The van der Waals surface area contributed by atoms with Crippen LogP contribution in [0.3, 0.4) is 0 Å². The van der Waals surface area contributed by atoms with Crippen molar-refractivity contribution in [2.24, 2.45) is 0 Å². The van der Waals surface area contributed by atoms with Crippen molar-refractivity contribution in [1.82, 2.24) is 0 Å². The van der Waals surface area contributed by atoms with Crippen LogP contribution in [0.1, 0.15) is 0 Å². The molecular formula is C12H8Cl2FNO3S. The highest BCUT2D eigenvalue weighted by Gasteiger charge is 2.17. The summed E-state index contributed by atoms with van der Waals surface area (Å²) in [4.78, 5) is -0.0927. The fourth-order valence-electron chi connectivity index (χ4n) is 1.46. The Balaban J connectivity index is 2.41. The van der Waals surface area contributed by atoms with E-state index in [1.165, 1.54) is 24.3 Å². The molecule has 0 radical (unpaired) electrons. The summed E-state index contributed by atoms with van der Waals surface area (Å²) in [6.07, 6.45) is 0. The molecule has 4 nitrogen and oxygen atoms in total. The van der Waals surface area contributed by atoms with Crippen molar-refractivity contribution in [3.05, 3.63) is 52.3 Å². The Morgan fingerprint density at radius 1 is 1.15 bits per heavy atom. The first-order chi connectivity index (χ1) is 9.29. The van der Waals surface area contributed by atoms with Crippen molar-refractivity contribution in [3.63, 3.8) is 0 Å². The molecule has 0 spiro atoms. The van der Waals surface area contributed by atoms with Gasteiger partial charge < -0.3 is 5.11 Å². The number of aromatic hydroxyl groups is 1. The summed E-state index contributed by atoms with van der Waals surface area (Å²) < 4.78 is 39.4. The smallest absolute Gasteiger partial charge is 0.262 e. The lowest BCUT2D eigenvalue weighted by Crippen LogP contribution is -2.13. The molecule has 20 heavy (non-hydrogen) atoms. The third-order valence-electron chi connectivity index (χ3n) is 2.39. The maximum Gasteiger partial charge on any atom is 0.262 e. The zero-order valence-electron chi connectivity index (χ0n) is 9.77. The number of benzene rings is 2. The SMILES string of the molecule is O=S(=O)(Nc1cc(Cl)c(F)cc1O)c1cccc(Cl)c1. The van der Waals surface area contributed by atoms with Crippen LogP contribution >= 0.6 is 23.2 Å². The van der Waals surface area contributed by atoms with Gasteiger partial charge in [-0.3, -0.25) is 4.72 Å². The number of hydrogen-bond donors (Lipinski definition) is 2. The van der Waals surface area contributed by atoms with Crippen LogP contribution in [0.2, 0.25) is 10.0 Å².